The van der Waals surface area contributed by atoms with E-state index in [9.17, 15) is 9.59 Å². The summed E-state index contributed by atoms with van der Waals surface area (Å²) in [5, 5.41) is 32.9. The van der Waals surface area contributed by atoms with Gasteiger partial charge in [0.2, 0.25) is 0 Å². The van der Waals surface area contributed by atoms with Crippen molar-refractivity contribution in [3.63, 3.8) is 0 Å². The Morgan fingerprint density at radius 3 is 0.925 bits per heavy atom. The second-order valence-corrected chi connectivity index (χ2v) is 33.5. The predicted octanol–water partition coefficient (Wildman–Crippen LogP) is 27.5. The molecule has 15 aromatic carbocycles. The Morgan fingerprint density at radius 2 is 0.613 bits per heavy atom. The third-order valence-electron chi connectivity index (χ3n) is 26.3. The van der Waals surface area contributed by atoms with E-state index in [-0.39, 0.29) is 49.2 Å². The Morgan fingerprint density at radius 1 is 0.321 bits per heavy atom. The zero-order valence-electron chi connectivity index (χ0n) is 62.9. The molecule has 4 bridgehead atoms. The lowest BCUT2D eigenvalue weighted by Gasteiger charge is -2.30. The van der Waals surface area contributed by atoms with Gasteiger partial charge >= 0.3 is 11.9 Å². The minimum Gasteiger partial charge on any atom is -0.490 e. The third-order valence-corrected chi connectivity index (χ3v) is 26.3. The fourth-order valence-corrected chi connectivity index (χ4v) is 21.2. The normalized spacial score (nSPS) is 19.2. The van der Waals surface area contributed by atoms with E-state index in [0.717, 1.165) is 72.3 Å². The molecule has 106 heavy (non-hydrogen) atoms. The number of benzene rings is 15. The molecule has 15 aromatic rings. The molecule has 0 aromatic heterocycles. The highest BCUT2D eigenvalue weighted by molar-refractivity contribution is 6.61. The number of hydrogen-bond acceptors (Lipinski definition) is 6. The van der Waals surface area contributed by atoms with Crippen molar-refractivity contribution < 1.29 is 28.5 Å². The van der Waals surface area contributed by atoms with Crippen molar-refractivity contribution in [2.24, 2.45) is 35.5 Å². The Bertz CT molecular complexity index is 5420. The summed E-state index contributed by atoms with van der Waals surface area (Å²) in [7, 11) is 0. The number of allylic oxidation sites excluding steroid dienone is 4. The first-order valence-electron chi connectivity index (χ1n) is 41.6. The standard InChI is InChI=1S/C100H102O6/c1-5-7-9-11-13-15-17-19-21-23-27-61-49-79-73-29-25-31-75-83-53-69(65-37-41-71(42-38-65)103-57-59(3)105-99(101)77-47-63-33-35-67(77)45-63)55-85-86-56-70(66-39-43-72(44-40-66)104-58-60(4)106-100(102)78-48-64-34-36-68(78)46-64)54-84-76-32-26-30-74-80-50-62(28-24-22-20-18-16-14-12-10-8-6-2)52-82-81(51-61)89(79)95-93(87(73)75)97(91(83)85)98(92(84)86)94(88(74)76)96(95)90(80)82/h25-26,29-44,49-56,59-60,63-64,67-68,77-78H,5-24,27-28,45-48,57-58H2,1-4H3/t59-,60-,63?,64?,67?,68?,77?,78?/m0/s1. The molecule has 0 saturated heterocycles. The molecular formula is C100H102O6. The van der Waals surface area contributed by atoms with Gasteiger partial charge in [0.05, 0.1) is 11.8 Å². The third kappa shape index (κ3) is 11.8. The van der Waals surface area contributed by atoms with Gasteiger partial charge in [0, 0.05) is 0 Å². The molecule has 0 aliphatic heterocycles. The molecule has 0 heterocycles. The largest absolute Gasteiger partial charge is 0.490 e. The molecule has 2 saturated carbocycles. The van der Waals surface area contributed by atoms with Crippen molar-refractivity contribution in [1.82, 2.24) is 0 Å². The van der Waals surface area contributed by atoms with Gasteiger partial charge in [0.25, 0.3) is 0 Å². The van der Waals surface area contributed by atoms with Crippen LogP contribution in [0.4, 0.5) is 0 Å². The summed E-state index contributed by atoms with van der Waals surface area (Å²) in [5.74, 6) is 2.84. The summed E-state index contributed by atoms with van der Waals surface area (Å²) in [5.41, 5.74) is 7.47. The van der Waals surface area contributed by atoms with E-state index < -0.39 is 0 Å². The van der Waals surface area contributed by atoms with Crippen LogP contribution in [0, 0.1) is 35.5 Å². The van der Waals surface area contributed by atoms with Crippen LogP contribution in [0.2, 0.25) is 0 Å². The van der Waals surface area contributed by atoms with Crippen LogP contribution in [-0.4, -0.2) is 37.4 Å². The molecule has 6 heteroatoms. The average molecular weight is 1400 g/mol. The molecule has 6 unspecified atom stereocenters. The zero-order valence-corrected chi connectivity index (χ0v) is 62.9. The maximum Gasteiger partial charge on any atom is 0.309 e. The fourth-order valence-electron chi connectivity index (χ4n) is 21.2. The quantitative estimate of drug-likeness (QED) is 0.0132. The van der Waals surface area contributed by atoms with Crippen molar-refractivity contribution in [1.29, 1.82) is 0 Å². The van der Waals surface area contributed by atoms with Crippen molar-refractivity contribution in [3.8, 4) is 33.8 Å². The SMILES string of the molecule is CCCCCCCCCCCCc1cc2c3cccc4c5cc(-c6ccc(OC[C@H](C)OC(=O)C7CC8C=CC7C8)cc6)cc6c7cc(-c8ccc(OC[C@H](C)OC(=O)C9CC%10C=CC9C%10)cc8)cc8c9cccc%10c%11cc(CCCCCCCCCCCC)cc%12c(c1)c2c1c(c34)c(c56)c(c87)c(c%109)c1c%11%12. The first-order chi connectivity index (χ1) is 52.1. The number of rotatable bonds is 34. The van der Waals surface area contributed by atoms with Crippen LogP contribution in [0.15, 0.2) is 158 Å². The molecule has 0 spiro atoms. The highest BCUT2D eigenvalue weighted by Crippen LogP contribution is 2.61. The summed E-state index contributed by atoms with van der Waals surface area (Å²) < 4.78 is 25.0. The fraction of sp³-hybridized carbons (Fsp3) is 0.400. The summed E-state index contributed by atoms with van der Waals surface area (Å²) in [6.45, 7) is 9.09. The first-order valence-corrected chi connectivity index (χ1v) is 41.6. The molecule has 6 nitrogen and oxygen atoms in total. The maximum absolute atomic E-state index is 13.4. The smallest absolute Gasteiger partial charge is 0.309 e. The lowest BCUT2D eigenvalue weighted by atomic mass is 9.72. The van der Waals surface area contributed by atoms with Gasteiger partial charge in [-0.1, -0.05) is 239 Å². The minimum absolute atomic E-state index is 0.0462. The molecule has 538 valence electrons. The van der Waals surface area contributed by atoms with Crippen molar-refractivity contribution in [2.75, 3.05) is 13.2 Å². The molecular weight excluding hydrogens is 1300 g/mol. The van der Waals surface area contributed by atoms with Crippen LogP contribution in [0.25, 0.3) is 152 Å². The Hall–Kier alpha value is -9.00. The Balaban J connectivity index is 0.768. The monoisotopic (exact) mass is 1400 g/mol. The number of aryl methyl sites for hydroxylation is 2. The zero-order chi connectivity index (χ0) is 71.3. The number of ether oxygens (including phenoxy) is 4. The molecule has 0 N–H and O–H groups in total. The number of fused-ring (bicyclic) bond motifs is 10. The van der Waals surface area contributed by atoms with Crippen LogP contribution >= 0.6 is 0 Å². The summed E-state index contributed by atoms with van der Waals surface area (Å²) in [4.78, 5) is 26.8. The second-order valence-electron chi connectivity index (χ2n) is 33.5. The van der Waals surface area contributed by atoms with Crippen molar-refractivity contribution in [2.45, 2.75) is 207 Å². The minimum atomic E-state index is -0.371. The van der Waals surface area contributed by atoms with Gasteiger partial charge < -0.3 is 18.9 Å². The molecule has 4 aliphatic rings. The molecule has 8 atom stereocenters. The maximum atomic E-state index is 13.4. The van der Waals surface area contributed by atoms with E-state index in [4.69, 9.17) is 18.9 Å². The molecule has 4 aliphatic carbocycles. The summed E-state index contributed by atoms with van der Waals surface area (Å²) >= 11 is 0. The van der Waals surface area contributed by atoms with E-state index in [2.05, 4.69) is 172 Å². The van der Waals surface area contributed by atoms with Gasteiger partial charge in [-0.3, -0.25) is 9.59 Å². The Labute approximate surface area is 624 Å². The van der Waals surface area contributed by atoms with Gasteiger partial charge in [-0.05, 0) is 300 Å². The van der Waals surface area contributed by atoms with Crippen LogP contribution in [0.1, 0.15) is 193 Å². The van der Waals surface area contributed by atoms with Crippen molar-refractivity contribution in [3.05, 3.63) is 169 Å². The van der Waals surface area contributed by atoms with Crippen LogP contribution in [0.3, 0.4) is 0 Å². The molecule has 0 radical (unpaired) electrons. The van der Waals surface area contributed by atoms with E-state index in [1.807, 2.05) is 13.8 Å². The summed E-state index contributed by atoms with van der Waals surface area (Å²) in [6.07, 6.45) is 40.9. The number of unbranched alkanes of at least 4 members (excludes halogenated alkanes) is 18. The first kappa shape index (κ1) is 67.6. The highest BCUT2D eigenvalue weighted by Gasteiger charge is 2.43. The van der Waals surface area contributed by atoms with Gasteiger partial charge in [-0.15, -0.1) is 0 Å². The van der Waals surface area contributed by atoms with Gasteiger partial charge in [0.1, 0.15) is 36.9 Å². The van der Waals surface area contributed by atoms with E-state index in [1.54, 1.807) is 0 Å². The van der Waals surface area contributed by atoms with E-state index >= 15 is 0 Å². The molecule has 2 fully saturated rings. The van der Waals surface area contributed by atoms with Gasteiger partial charge in [-0.2, -0.15) is 0 Å². The molecule has 0 amide bonds. The van der Waals surface area contributed by atoms with E-state index in [0.29, 0.717) is 23.7 Å². The van der Waals surface area contributed by atoms with Gasteiger partial charge in [-0.25, -0.2) is 0 Å². The van der Waals surface area contributed by atoms with Gasteiger partial charge in [0.15, 0.2) is 0 Å². The number of esters is 2. The average Bonchev–Trinajstić information content (AvgIpc) is 0.645. The van der Waals surface area contributed by atoms with Crippen LogP contribution in [0.5, 0.6) is 11.5 Å². The molecule has 19 rings (SSSR count). The number of carbonyl (C=O) groups excluding carboxylic acids is 2. The van der Waals surface area contributed by atoms with Crippen LogP contribution in [-0.2, 0) is 31.9 Å². The van der Waals surface area contributed by atoms with Crippen molar-refractivity contribution >= 4 is 141 Å². The Kier molecular flexibility index (Phi) is 18.0. The topological polar surface area (TPSA) is 71.1 Å². The lowest BCUT2D eigenvalue weighted by Crippen LogP contribution is -2.28. The van der Waals surface area contributed by atoms with Crippen LogP contribution < -0.4 is 9.47 Å². The van der Waals surface area contributed by atoms with E-state index in [1.165, 1.54) is 269 Å². The number of hydrogen-bond donors (Lipinski definition) is 0. The summed E-state index contributed by atoms with van der Waals surface area (Å²) in [6, 6.07) is 52.5. The highest BCUT2D eigenvalue weighted by atomic mass is 16.6. The predicted molar refractivity (Wildman–Crippen MR) is 445 cm³/mol. The number of carbonyl (C=O) groups is 2. The lowest BCUT2D eigenvalue weighted by molar-refractivity contribution is -0.156. The second kappa shape index (κ2) is 28.3.